The second-order valence-corrected chi connectivity index (χ2v) is 4.48. The van der Waals surface area contributed by atoms with Gasteiger partial charge in [0.15, 0.2) is 11.6 Å². The Morgan fingerprint density at radius 2 is 2.00 bits per heavy atom. The summed E-state index contributed by atoms with van der Waals surface area (Å²) in [4.78, 5) is 0. The Hall–Kier alpha value is -1.68. The van der Waals surface area contributed by atoms with Gasteiger partial charge < -0.3 is 9.73 Å². The number of rotatable bonds is 5. The highest BCUT2D eigenvalue weighted by molar-refractivity contribution is 5.29. The average molecular weight is 265 g/mol. The van der Waals surface area contributed by atoms with Crippen LogP contribution >= 0.6 is 0 Å². The smallest absolute Gasteiger partial charge is 0.164 e. The van der Waals surface area contributed by atoms with Gasteiger partial charge in [-0.1, -0.05) is 19.1 Å². The van der Waals surface area contributed by atoms with Crippen molar-refractivity contribution in [3.63, 3.8) is 0 Å². The summed E-state index contributed by atoms with van der Waals surface area (Å²) < 4.78 is 32.8. The summed E-state index contributed by atoms with van der Waals surface area (Å²) in [6.45, 7) is 4.53. The fourth-order valence-corrected chi connectivity index (χ4v) is 2.00. The van der Waals surface area contributed by atoms with Gasteiger partial charge >= 0.3 is 0 Å². The summed E-state index contributed by atoms with van der Waals surface area (Å²) >= 11 is 0. The third-order valence-corrected chi connectivity index (χ3v) is 2.94. The van der Waals surface area contributed by atoms with Crippen LogP contribution in [0.15, 0.2) is 34.7 Å². The first-order chi connectivity index (χ1) is 9.13. The molecule has 0 fully saturated rings. The SMILES string of the molecule is CCCNC(c1ccc(C)o1)c1cccc(F)c1F. The maximum absolute atomic E-state index is 13.9. The molecule has 102 valence electrons. The summed E-state index contributed by atoms with van der Waals surface area (Å²) in [5, 5.41) is 3.18. The zero-order valence-electron chi connectivity index (χ0n) is 11.0. The minimum atomic E-state index is -0.843. The third kappa shape index (κ3) is 3.01. The minimum Gasteiger partial charge on any atom is -0.464 e. The van der Waals surface area contributed by atoms with Crippen LogP contribution in [-0.2, 0) is 0 Å². The predicted molar refractivity (Wildman–Crippen MR) is 69.9 cm³/mol. The van der Waals surface area contributed by atoms with Crippen LogP contribution in [0.4, 0.5) is 8.78 Å². The zero-order chi connectivity index (χ0) is 13.8. The van der Waals surface area contributed by atoms with Gasteiger partial charge in [-0.25, -0.2) is 8.78 Å². The lowest BCUT2D eigenvalue weighted by Gasteiger charge is -2.17. The van der Waals surface area contributed by atoms with Crippen molar-refractivity contribution in [2.45, 2.75) is 26.3 Å². The molecule has 1 N–H and O–H groups in total. The molecule has 1 aromatic heterocycles. The Morgan fingerprint density at radius 3 is 2.63 bits per heavy atom. The normalized spacial score (nSPS) is 12.6. The Balaban J connectivity index is 2.39. The van der Waals surface area contributed by atoms with Crippen molar-refractivity contribution < 1.29 is 13.2 Å². The van der Waals surface area contributed by atoms with Gasteiger partial charge in [-0.2, -0.15) is 0 Å². The summed E-state index contributed by atoms with van der Waals surface area (Å²) in [6.07, 6.45) is 0.896. The number of nitrogens with one attached hydrogen (secondary N) is 1. The molecule has 1 heterocycles. The molecular weight excluding hydrogens is 248 g/mol. The topological polar surface area (TPSA) is 25.2 Å². The van der Waals surface area contributed by atoms with Crippen molar-refractivity contribution in [1.82, 2.24) is 5.32 Å². The largest absolute Gasteiger partial charge is 0.464 e. The van der Waals surface area contributed by atoms with Crippen molar-refractivity contribution in [3.05, 3.63) is 59.1 Å². The Bertz CT molecular complexity index is 551. The van der Waals surface area contributed by atoms with E-state index in [1.807, 2.05) is 19.9 Å². The van der Waals surface area contributed by atoms with Gasteiger partial charge in [0.25, 0.3) is 0 Å². The van der Waals surface area contributed by atoms with E-state index in [1.165, 1.54) is 6.07 Å². The van der Waals surface area contributed by atoms with E-state index < -0.39 is 17.7 Å². The quantitative estimate of drug-likeness (QED) is 0.885. The highest BCUT2D eigenvalue weighted by Gasteiger charge is 2.21. The maximum Gasteiger partial charge on any atom is 0.164 e. The summed E-state index contributed by atoms with van der Waals surface area (Å²) in [5.41, 5.74) is 0.266. The van der Waals surface area contributed by atoms with Crippen molar-refractivity contribution in [2.24, 2.45) is 0 Å². The van der Waals surface area contributed by atoms with Crippen LogP contribution in [0.1, 0.15) is 36.5 Å². The molecule has 0 amide bonds. The van der Waals surface area contributed by atoms with Crippen LogP contribution in [0.3, 0.4) is 0 Å². The molecular formula is C15H17F2NO. The van der Waals surface area contributed by atoms with Gasteiger partial charge in [0, 0.05) is 5.56 Å². The van der Waals surface area contributed by atoms with Gasteiger partial charge in [-0.05, 0) is 38.1 Å². The first-order valence-corrected chi connectivity index (χ1v) is 6.37. The van der Waals surface area contributed by atoms with Crippen LogP contribution in [-0.4, -0.2) is 6.54 Å². The third-order valence-electron chi connectivity index (χ3n) is 2.94. The van der Waals surface area contributed by atoms with E-state index in [-0.39, 0.29) is 5.56 Å². The summed E-state index contributed by atoms with van der Waals surface area (Å²) in [6, 6.07) is 7.32. The van der Waals surface area contributed by atoms with Crippen molar-refractivity contribution in [3.8, 4) is 0 Å². The van der Waals surface area contributed by atoms with Gasteiger partial charge in [0.2, 0.25) is 0 Å². The fraction of sp³-hybridized carbons (Fsp3) is 0.333. The van der Waals surface area contributed by atoms with Crippen LogP contribution in [0.5, 0.6) is 0 Å². The van der Waals surface area contributed by atoms with Crippen molar-refractivity contribution >= 4 is 0 Å². The van der Waals surface area contributed by atoms with Gasteiger partial charge in [0.05, 0.1) is 6.04 Å². The number of halogens is 2. The molecule has 0 saturated heterocycles. The molecule has 1 aromatic carbocycles. The molecule has 0 spiro atoms. The van der Waals surface area contributed by atoms with Gasteiger partial charge in [0.1, 0.15) is 11.5 Å². The molecule has 1 unspecified atom stereocenters. The van der Waals surface area contributed by atoms with E-state index in [1.54, 1.807) is 12.1 Å². The number of aryl methyl sites for hydroxylation is 1. The zero-order valence-corrected chi connectivity index (χ0v) is 11.0. The second kappa shape index (κ2) is 5.97. The van der Waals surface area contributed by atoms with E-state index in [4.69, 9.17) is 4.42 Å². The molecule has 4 heteroatoms. The Labute approximate surface area is 111 Å². The number of hydrogen-bond donors (Lipinski definition) is 1. The van der Waals surface area contributed by atoms with E-state index in [0.717, 1.165) is 18.2 Å². The van der Waals surface area contributed by atoms with Crippen LogP contribution in [0.25, 0.3) is 0 Å². The van der Waals surface area contributed by atoms with E-state index in [2.05, 4.69) is 5.32 Å². The van der Waals surface area contributed by atoms with E-state index in [0.29, 0.717) is 12.3 Å². The average Bonchev–Trinajstić information content (AvgIpc) is 2.81. The first-order valence-electron chi connectivity index (χ1n) is 6.37. The number of benzene rings is 1. The van der Waals surface area contributed by atoms with E-state index >= 15 is 0 Å². The molecule has 0 radical (unpaired) electrons. The second-order valence-electron chi connectivity index (χ2n) is 4.48. The first kappa shape index (κ1) is 13.7. The molecule has 0 aliphatic rings. The molecule has 19 heavy (non-hydrogen) atoms. The summed E-state index contributed by atoms with van der Waals surface area (Å²) in [7, 11) is 0. The number of furan rings is 1. The van der Waals surface area contributed by atoms with E-state index in [9.17, 15) is 8.78 Å². The molecule has 0 saturated carbocycles. The lowest BCUT2D eigenvalue weighted by atomic mass is 10.0. The lowest BCUT2D eigenvalue weighted by molar-refractivity contribution is 0.414. The highest BCUT2D eigenvalue weighted by Crippen LogP contribution is 2.27. The molecule has 1 atom stereocenters. The monoisotopic (exact) mass is 265 g/mol. The van der Waals surface area contributed by atoms with Crippen LogP contribution < -0.4 is 5.32 Å². The van der Waals surface area contributed by atoms with Crippen LogP contribution in [0.2, 0.25) is 0 Å². The summed E-state index contributed by atoms with van der Waals surface area (Å²) in [5.74, 6) is -0.334. The van der Waals surface area contributed by atoms with Gasteiger partial charge in [-0.3, -0.25) is 0 Å². The standard InChI is InChI=1S/C15H17F2NO/c1-3-9-18-15(13-8-7-10(2)19-13)11-5-4-6-12(16)14(11)17/h4-8,15,18H,3,9H2,1-2H3. The Kier molecular flexibility index (Phi) is 4.32. The van der Waals surface area contributed by atoms with Gasteiger partial charge in [-0.15, -0.1) is 0 Å². The maximum atomic E-state index is 13.9. The highest BCUT2D eigenvalue weighted by atomic mass is 19.2. The van der Waals surface area contributed by atoms with Crippen molar-refractivity contribution in [1.29, 1.82) is 0 Å². The molecule has 0 aliphatic heterocycles. The molecule has 2 nitrogen and oxygen atoms in total. The predicted octanol–water partition coefficient (Wildman–Crippen LogP) is 3.96. The number of hydrogen-bond acceptors (Lipinski definition) is 2. The van der Waals surface area contributed by atoms with Crippen LogP contribution in [0, 0.1) is 18.6 Å². The lowest BCUT2D eigenvalue weighted by Crippen LogP contribution is -2.24. The van der Waals surface area contributed by atoms with Crippen molar-refractivity contribution in [2.75, 3.05) is 6.54 Å². The minimum absolute atomic E-state index is 0.266. The Morgan fingerprint density at radius 1 is 1.21 bits per heavy atom. The molecule has 0 bridgehead atoms. The molecule has 2 aromatic rings. The fourth-order valence-electron chi connectivity index (χ4n) is 2.00. The molecule has 0 aliphatic carbocycles. The molecule has 2 rings (SSSR count).